The van der Waals surface area contributed by atoms with Crippen molar-refractivity contribution in [1.29, 1.82) is 0 Å². The molecule has 0 bridgehead atoms. The lowest BCUT2D eigenvalue weighted by Crippen LogP contribution is -2.44. The SMILES string of the molecule is COC1(CC(=O)NC(C)c2ccc(OCC(=O)NC3CC3)cc2)CCC1. The highest BCUT2D eigenvalue weighted by Gasteiger charge is 2.39. The standard InChI is InChI=1S/C20H28N2O4/c1-14(21-18(23)12-20(25-2)10-3-11-20)15-4-8-17(9-5-15)26-13-19(24)22-16-6-7-16/h4-5,8-9,14,16H,3,6-7,10-13H2,1-2H3,(H,21,23)(H,22,24). The van der Waals surface area contributed by atoms with Crippen molar-refractivity contribution in [2.24, 2.45) is 0 Å². The minimum atomic E-state index is -0.261. The van der Waals surface area contributed by atoms with Gasteiger partial charge in [-0.25, -0.2) is 0 Å². The van der Waals surface area contributed by atoms with Crippen LogP contribution in [0.4, 0.5) is 0 Å². The predicted octanol–water partition coefficient (Wildman–Crippen LogP) is 2.48. The molecule has 0 heterocycles. The van der Waals surface area contributed by atoms with Crippen molar-refractivity contribution >= 4 is 11.8 Å². The van der Waals surface area contributed by atoms with Gasteiger partial charge >= 0.3 is 0 Å². The molecule has 2 fully saturated rings. The van der Waals surface area contributed by atoms with E-state index in [1.807, 2.05) is 31.2 Å². The van der Waals surface area contributed by atoms with Gasteiger partial charge < -0.3 is 20.1 Å². The minimum absolute atomic E-state index is 0.0103. The predicted molar refractivity (Wildman–Crippen MR) is 97.9 cm³/mol. The molecule has 1 unspecified atom stereocenters. The summed E-state index contributed by atoms with van der Waals surface area (Å²) in [6.07, 6.45) is 5.56. The first-order valence-corrected chi connectivity index (χ1v) is 9.36. The van der Waals surface area contributed by atoms with E-state index in [-0.39, 0.29) is 30.1 Å². The second kappa shape index (κ2) is 8.08. The maximum atomic E-state index is 12.3. The third-order valence-corrected chi connectivity index (χ3v) is 5.25. The number of benzene rings is 1. The Labute approximate surface area is 154 Å². The molecule has 1 aromatic carbocycles. The summed E-state index contributed by atoms with van der Waals surface area (Å²) in [5, 5.41) is 5.92. The lowest BCUT2D eigenvalue weighted by atomic mass is 9.77. The van der Waals surface area contributed by atoms with Crippen LogP contribution in [0.25, 0.3) is 0 Å². The summed E-state index contributed by atoms with van der Waals surface area (Å²) >= 11 is 0. The van der Waals surface area contributed by atoms with Gasteiger partial charge in [-0.1, -0.05) is 12.1 Å². The van der Waals surface area contributed by atoms with E-state index in [2.05, 4.69) is 10.6 Å². The van der Waals surface area contributed by atoms with E-state index in [1.54, 1.807) is 7.11 Å². The zero-order valence-electron chi connectivity index (χ0n) is 15.5. The Hall–Kier alpha value is -2.08. The number of ether oxygens (including phenoxy) is 2. The monoisotopic (exact) mass is 360 g/mol. The molecule has 0 aromatic heterocycles. The van der Waals surface area contributed by atoms with E-state index in [0.717, 1.165) is 37.7 Å². The van der Waals surface area contributed by atoms with Crippen molar-refractivity contribution in [3.8, 4) is 5.75 Å². The first kappa shape index (κ1) is 18.7. The molecule has 1 aromatic rings. The number of hydrogen-bond donors (Lipinski definition) is 2. The molecule has 0 aliphatic heterocycles. The molecule has 2 N–H and O–H groups in total. The second-order valence-corrected chi connectivity index (χ2v) is 7.41. The molecule has 142 valence electrons. The molecule has 6 nitrogen and oxygen atoms in total. The Morgan fingerprint density at radius 1 is 1.19 bits per heavy atom. The zero-order valence-corrected chi connectivity index (χ0v) is 15.5. The second-order valence-electron chi connectivity index (χ2n) is 7.41. The van der Waals surface area contributed by atoms with Crippen LogP contribution in [0.15, 0.2) is 24.3 Å². The van der Waals surface area contributed by atoms with Crippen molar-refractivity contribution in [2.75, 3.05) is 13.7 Å². The number of nitrogens with one attached hydrogen (secondary N) is 2. The van der Waals surface area contributed by atoms with Crippen LogP contribution in [0.2, 0.25) is 0 Å². The van der Waals surface area contributed by atoms with Gasteiger partial charge in [-0.15, -0.1) is 0 Å². The lowest BCUT2D eigenvalue weighted by molar-refractivity contribution is -0.134. The number of hydrogen-bond acceptors (Lipinski definition) is 4. The van der Waals surface area contributed by atoms with E-state index in [4.69, 9.17) is 9.47 Å². The third-order valence-electron chi connectivity index (χ3n) is 5.25. The molecule has 2 saturated carbocycles. The molecule has 0 spiro atoms. The van der Waals surface area contributed by atoms with Crippen LogP contribution >= 0.6 is 0 Å². The van der Waals surface area contributed by atoms with Crippen molar-refractivity contribution in [3.63, 3.8) is 0 Å². The van der Waals surface area contributed by atoms with Crippen molar-refractivity contribution < 1.29 is 19.1 Å². The summed E-state index contributed by atoms with van der Waals surface area (Å²) in [6.45, 7) is 1.98. The van der Waals surface area contributed by atoms with E-state index in [9.17, 15) is 9.59 Å². The van der Waals surface area contributed by atoms with Gasteiger partial charge in [0.25, 0.3) is 5.91 Å². The molecule has 3 rings (SSSR count). The van der Waals surface area contributed by atoms with Gasteiger partial charge in [0, 0.05) is 13.2 Å². The molecular weight excluding hydrogens is 332 g/mol. The molecule has 0 saturated heterocycles. The summed E-state index contributed by atoms with van der Waals surface area (Å²) in [5.74, 6) is 0.572. The average molecular weight is 360 g/mol. The Morgan fingerprint density at radius 3 is 2.42 bits per heavy atom. The van der Waals surface area contributed by atoms with Crippen LogP contribution in [-0.2, 0) is 14.3 Å². The zero-order chi connectivity index (χ0) is 18.6. The van der Waals surface area contributed by atoms with Gasteiger partial charge in [-0.2, -0.15) is 0 Å². The lowest BCUT2D eigenvalue weighted by Gasteiger charge is -2.40. The first-order chi connectivity index (χ1) is 12.5. The molecule has 1 atom stereocenters. The summed E-state index contributed by atoms with van der Waals surface area (Å²) in [4.78, 5) is 23.9. The smallest absolute Gasteiger partial charge is 0.258 e. The summed E-state index contributed by atoms with van der Waals surface area (Å²) in [7, 11) is 1.68. The Bertz CT molecular complexity index is 630. The van der Waals surface area contributed by atoms with E-state index >= 15 is 0 Å². The highest BCUT2D eigenvalue weighted by molar-refractivity contribution is 5.78. The fourth-order valence-corrected chi connectivity index (χ4v) is 3.19. The average Bonchev–Trinajstić information content (AvgIpc) is 3.40. The van der Waals surface area contributed by atoms with Crippen LogP contribution in [0.3, 0.4) is 0 Å². The summed E-state index contributed by atoms with van der Waals surface area (Å²) < 4.78 is 11.0. The third kappa shape index (κ3) is 4.97. The van der Waals surface area contributed by atoms with E-state index in [1.165, 1.54) is 0 Å². The van der Waals surface area contributed by atoms with Crippen molar-refractivity contribution in [2.45, 2.75) is 63.1 Å². The molecule has 2 aliphatic rings. The Balaban J connectivity index is 1.44. The van der Waals surface area contributed by atoms with Crippen LogP contribution in [0.1, 0.15) is 57.1 Å². The number of carbonyl (C=O) groups is 2. The maximum Gasteiger partial charge on any atom is 0.258 e. The minimum Gasteiger partial charge on any atom is -0.484 e. The van der Waals surface area contributed by atoms with Gasteiger partial charge in [-0.05, 0) is 56.7 Å². The van der Waals surface area contributed by atoms with Gasteiger partial charge in [0.05, 0.1) is 18.1 Å². The molecule has 6 heteroatoms. The Kier molecular flexibility index (Phi) is 5.81. The van der Waals surface area contributed by atoms with Gasteiger partial charge in [0.15, 0.2) is 6.61 Å². The van der Waals surface area contributed by atoms with Crippen LogP contribution in [0, 0.1) is 0 Å². The van der Waals surface area contributed by atoms with E-state index in [0.29, 0.717) is 18.2 Å². The fourth-order valence-electron chi connectivity index (χ4n) is 3.19. The number of carbonyl (C=O) groups excluding carboxylic acids is 2. The maximum absolute atomic E-state index is 12.3. The first-order valence-electron chi connectivity index (χ1n) is 9.36. The fraction of sp³-hybridized carbons (Fsp3) is 0.600. The van der Waals surface area contributed by atoms with Gasteiger partial charge in [0.1, 0.15) is 5.75 Å². The highest BCUT2D eigenvalue weighted by atomic mass is 16.5. The van der Waals surface area contributed by atoms with Gasteiger partial charge in [-0.3, -0.25) is 9.59 Å². The van der Waals surface area contributed by atoms with Gasteiger partial charge in [0.2, 0.25) is 5.91 Å². The topological polar surface area (TPSA) is 76.7 Å². The van der Waals surface area contributed by atoms with Crippen molar-refractivity contribution in [1.82, 2.24) is 10.6 Å². The largest absolute Gasteiger partial charge is 0.484 e. The number of amides is 2. The molecular formula is C20H28N2O4. The molecule has 0 radical (unpaired) electrons. The summed E-state index contributed by atoms with van der Waals surface area (Å²) in [6, 6.07) is 7.72. The molecule has 2 aliphatic carbocycles. The van der Waals surface area contributed by atoms with Crippen LogP contribution in [-0.4, -0.2) is 37.2 Å². The van der Waals surface area contributed by atoms with Crippen molar-refractivity contribution in [3.05, 3.63) is 29.8 Å². The summed E-state index contributed by atoms with van der Waals surface area (Å²) in [5.41, 5.74) is 0.732. The van der Waals surface area contributed by atoms with Crippen LogP contribution < -0.4 is 15.4 Å². The van der Waals surface area contributed by atoms with Crippen LogP contribution in [0.5, 0.6) is 5.75 Å². The highest BCUT2D eigenvalue weighted by Crippen LogP contribution is 2.38. The molecule has 2 amide bonds. The van der Waals surface area contributed by atoms with E-state index < -0.39 is 0 Å². The number of methoxy groups -OCH3 is 1. The normalized spacial score (nSPS) is 19.2. The number of rotatable bonds is 9. The quantitative estimate of drug-likeness (QED) is 0.709. The Morgan fingerprint density at radius 2 is 1.88 bits per heavy atom. The molecule has 26 heavy (non-hydrogen) atoms.